The topological polar surface area (TPSA) is 72.2 Å². The van der Waals surface area contributed by atoms with Crippen molar-refractivity contribution < 1.29 is 17.2 Å². The van der Waals surface area contributed by atoms with Crippen LogP contribution in [0.5, 0.6) is 0 Å². The second kappa shape index (κ2) is 5.52. The van der Waals surface area contributed by atoms with Crippen LogP contribution in [0.2, 0.25) is 0 Å². The van der Waals surface area contributed by atoms with Gasteiger partial charge < -0.3 is 5.73 Å². The Kier molecular flexibility index (Phi) is 4.55. The third-order valence-electron chi connectivity index (χ3n) is 2.27. The molecule has 0 bridgehead atoms. The summed E-state index contributed by atoms with van der Waals surface area (Å²) in [6, 6.07) is 4.34. The van der Waals surface area contributed by atoms with E-state index in [1.165, 1.54) is 12.1 Å². The Balaban J connectivity index is 2.96. The monoisotopic (exact) mass is 264 g/mol. The predicted octanol–water partition coefficient (Wildman–Crippen LogP) is 0.997. The molecule has 1 aromatic carbocycles. The van der Waals surface area contributed by atoms with E-state index in [1.54, 1.807) is 13.0 Å². The molecule has 0 aliphatic carbocycles. The van der Waals surface area contributed by atoms with E-state index in [0.717, 1.165) is 5.56 Å². The quantitative estimate of drug-likeness (QED) is 0.833. The zero-order valence-corrected chi connectivity index (χ0v) is 10.1. The molecule has 0 spiro atoms. The first-order valence-corrected chi connectivity index (χ1v) is 6.42. The molecule has 0 fully saturated rings. The number of sulfonamides is 1. The van der Waals surface area contributed by atoms with Gasteiger partial charge in [0.15, 0.2) is 0 Å². The van der Waals surface area contributed by atoms with Gasteiger partial charge in [-0.15, -0.1) is 0 Å². The number of hydrogen-bond donors (Lipinski definition) is 2. The normalized spacial score (nSPS) is 12.1. The van der Waals surface area contributed by atoms with Gasteiger partial charge in [0.1, 0.15) is 0 Å². The first kappa shape index (κ1) is 14.0. The van der Waals surface area contributed by atoms with Crippen LogP contribution in [0.25, 0.3) is 0 Å². The summed E-state index contributed by atoms with van der Waals surface area (Å²) >= 11 is 0. The standard InChI is InChI=1S/C10H14F2N2O2S/c1-7-4-9(3-2-8(7)5-13)17(15,16)14-6-10(11)12/h2-4,10,14H,5-6,13H2,1H3. The summed E-state index contributed by atoms with van der Waals surface area (Å²) in [4.78, 5) is -0.0344. The van der Waals surface area contributed by atoms with Crippen LogP contribution in [0.4, 0.5) is 8.78 Å². The van der Waals surface area contributed by atoms with E-state index in [1.807, 2.05) is 4.72 Å². The molecule has 0 heterocycles. The molecule has 17 heavy (non-hydrogen) atoms. The highest BCUT2D eigenvalue weighted by atomic mass is 32.2. The molecule has 0 aromatic heterocycles. The number of nitrogens with two attached hydrogens (primary N) is 1. The van der Waals surface area contributed by atoms with Crippen LogP contribution in [-0.2, 0) is 16.6 Å². The van der Waals surface area contributed by atoms with E-state index in [2.05, 4.69) is 0 Å². The van der Waals surface area contributed by atoms with Crippen molar-refractivity contribution in [2.75, 3.05) is 6.54 Å². The number of halogens is 2. The van der Waals surface area contributed by atoms with Gasteiger partial charge in [-0.25, -0.2) is 21.9 Å². The highest BCUT2D eigenvalue weighted by molar-refractivity contribution is 7.89. The van der Waals surface area contributed by atoms with Crippen molar-refractivity contribution >= 4 is 10.0 Å². The van der Waals surface area contributed by atoms with Gasteiger partial charge in [-0.1, -0.05) is 6.07 Å². The number of nitrogens with one attached hydrogen (secondary N) is 1. The van der Waals surface area contributed by atoms with Crippen molar-refractivity contribution in [3.8, 4) is 0 Å². The van der Waals surface area contributed by atoms with Crippen molar-refractivity contribution in [3.05, 3.63) is 29.3 Å². The zero-order chi connectivity index (χ0) is 13.1. The maximum Gasteiger partial charge on any atom is 0.251 e. The van der Waals surface area contributed by atoms with Crippen LogP contribution >= 0.6 is 0 Å². The molecule has 1 aromatic rings. The summed E-state index contributed by atoms with van der Waals surface area (Å²) in [5, 5.41) is 0. The Bertz CT molecular complexity index is 489. The van der Waals surface area contributed by atoms with Crippen LogP contribution in [-0.4, -0.2) is 21.4 Å². The lowest BCUT2D eigenvalue weighted by Gasteiger charge is -2.09. The van der Waals surface area contributed by atoms with Crippen LogP contribution in [0.3, 0.4) is 0 Å². The minimum Gasteiger partial charge on any atom is -0.326 e. The predicted molar refractivity (Wildman–Crippen MR) is 60.3 cm³/mol. The fourth-order valence-electron chi connectivity index (χ4n) is 1.32. The molecule has 0 radical (unpaired) electrons. The Morgan fingerprint density at radius 3 is 2.53 bits per heavy atom. The van der Waals surface area contributed by atoms with E-state index in [4.69, 9.17) is 5.73 Å². The van der Waals surface area contributed by atoms with E-state index in [0.29, 0.717) is 12.1 Å². The van der Waals surface area contributed by atoms with E-state index in [-0.39, 0.29) is 4.90 Å². The van der Waals surface area contributed by atoms with E-state index in [9.17, 15) is 17.2 Å². The number of alkyl halides is 2. The number of hydrogen-bond acceptors (Lipinski definition) is 3. The Morgan fingerprint density at radius 1 is 1.41 bits per heavy atom. The SMILES string of the molecule is Cc1cc(S(=O)(=O)NCC(F)F)ccc1CN. The van der Waals surface area contributed by atoms with Crippen LogP contribution in [0, 0.1) is 6.92 Å². The zero-order valence-electron chi connectivity index (χ0n) is 9.28. The third kappa shape index (κ3) is 3.72. The number of benzene rings is 1. The number of rotatable bonds is 5. The summed E-state index contributed by atoms with van der Waals surface area (Å²) < 4.78 is 48.9. The molecule has 0 aliphatic heterocycles. The lowest BCUT2D eigenvalue weighted by molar-refractivity contribution is 0.153. The molecule has 3 N–H and O–H groups in total. The number of aryl methyl sites for hydroxylation is 1. The molecule has 0 saturated heterocycles. The van der Waals surface area contributed by atoms with Crippen molar-refractivity contribution in [2.45, 2.75) is 24.8 Å². The van der Waals surface area contributed by atoms with Gasteiger partial charge in [-0.3, -0.25) is 0 Å². The minimum atomic E-state index is -3.87. The third-order valence-corrected chi connectivity index (χ3v) is 3.69. The highest BCUT2D eigenvalue weighted by Gasteiger charge is 2.16. The maximum absolute atomic E-state index is 11.9. The lowest BCUT2D eigenvalue weighted by atomic mass is 10.1. The minimum absolute atomic E-state index is 0.0344. The Hall–Kier alpha value is -1.05. The molecule has 4 nitrogen and oxygen atoms in total. The Morgan fingerprint density at radius 2 is 2.06 bits per heavy atom. The summed E-state index contributed by atoms with van der Waals surface area (Å²) in [6.45, 7) is 1.13. The van der Waals surface area contributed by atoms with Gasteiger partial charge in [0.05, 0.1) is 11.4 Å². The molecule has 96 valence electrons. The summed E-state index contributed by atoms with van der Waals surface area (Å²) in [5.74, 6) is 0. The fraction of sp³-hybridized carbons (Fsp3) is 0.400. The first-order chi connectivity index (χ1) is 7.86. The van der Waals surface area contributed by atoms with Crippen molar-refractivity contribution in [1.29, 1.82) is 0 Å². The second-order valence-electron chi connectivity index (χ2n) is 3.54. The summed E-state index contributed by atoms with van der Waals surface area (Å²) in [6.07, 6.45) is -2.71. The highest BCUT2D eigenvalue weighted by Crippen LogP contribution is 2.15. The molecule has 7 heteroatoms. The fourth-order valence-corrected chi connectivity index (χ4v) is 2.41. The molecular weight excluding hydrogens is 250 g/mol. The first-order valence-electron chi connectivity index (χ1n) is 4.94. The van der Waals surface area contributed by atoms with E-state index < -0.39 is 23.0 Å². The van der Waals surface area contributed by atoms with Crippen molar-refractivity contribution in [1.82, 2.24) is 4.72 Å². The van der Waals surface area contributed by atoms with Gasteiger partial charge in [0, 0.05) is 6.54 Å². The van der Waals surface area contributed by atoms with Crippen LogP contribution in [0.15, 0.2) is 23.1 Å². The average molecular weight is 264 g/mol. The van der Waals surface area contributed by atoms with Gasteiger partial charge in [0.25, 0.3) is 6.43 Å². The van der Waals surface area contributed by atoms with Gasteiger partial charge in [-0.2, -0.15) is 0 Å². The molecule has 0 aliphatic rings. The smallest absolute Gasteiger partial charge is 0.251 e. The van der Waals surface area contributed by atoms with Crippen molar-refractivity contribution in [3.63, 3.8) is 0 Å². The second-order valence-corrected chi connectivity index (χ2v) is 5.30. The van der Waals surface area contributed by atoms with Gasteiger partial charge in [0.2, 0.25) is 10.0 Å². The van der Waals surface area contributed by atoms with Gasteiger partial charge >= 0.3 is 0 Å². The van der Waals surface area contributed by atoms with Crippen molar-refractivity contribution in [2.24, 2.45) is 5.73 Å². The molecule has 0 atom stereocenters. The maximum atomic E-state index is 11.9. The average Bonchev–Trinajstić information content (AvgIpc) is 2.26. The molecule has 1 rings (SSSR count). The van der Waals surface area contributed by atoms with E-state index >= 15 is 0 Å². The summed E-state index contributed by atoms with van der Waals surface area (Å²) in [5.41, 5.74) is 6.98. The molecule has 0 unspecified atom stereocenters. The molecular formula is C10H14F2N2O2S. The summed E-state index contributed by atoms with van der Waals surface area (Å²) in [7, 11) is -3.87. The van der Waals surface area contributed by atoms with Crippen LogP contribution < -0.4 is 10.5 Å². The largest absolute Gasteiger partial charge is 0.326 e. The Labute approximate surface area is 98.9 Å². The molecule has 0 saturated carbocycles. The lowest BCUT2D eigenvalue weighted by Crippen LogP contribution is -2.28. The molecule has 0 amide bonds. The van der Waals surface area contributed by atoms with Gasteiger partial charge in [-0.05, 0) is 30.2 Å². The van der Waals surface area contributed by atoms with Crippen LogP contribution in [0.1, 0.15) is 11.1 Å².